The number of halogens is 1. The molecule has 1 fully saturated rings. The van der Waals surface area contributed by atoms with E-state index in [4.69, 9.17) is 21.1 Å². The molecule has 202 valence electrons. The van der Waals surface area contributed by atoms with Crippen molar-refractivity contribution in [2.75, 3.05) is 23.9 Å². The van der Waals surface area contributed by atoms with E-state index in [-0.39, 0.29) is 30.0 Å². The summed E-state index contributed by atoms with van der Waals surface area (Å²) in [5, 5.41) is 11.3. The number of hydrogen-bond acceptors (Lipinski definition) is 5. The zero-order valence-electron chi connectivity index (χ0n) is 22.4. The van der Waals surface area contributed by atoms with E-state index in [1.54, 1.807) is 15.9 Å². The lowest BCUT2D eigenvalue weighted by Gasteiger charge is -2.33. The molecule has 1 saturated heterocycles. The highest BCUT2D eigenvalue weighted by Gasteiger charge is 2.35. The van der Waals surface area contributed by atoms with E-state index in [1.807, 2.05) is 63.2 Å². The second kappa shape index (κ2) is 10.8. The summed E-state index contributed by atoms with van der Waals surface area (Å²) in [5.74, 6) is 0.478. The van der Waals surface area contributed by atoms with E-state index in [1.165, 1.54) is 0 Å². The molecule has 3 aromatic carbocycles. The van der Waals surface area contributed by atoms with Gasteiger partial charge in [-0.1, -0.05) is 18.2 Å². The number of ether oxygens (including phenoxy) is 2. The van der Waals surface area contributed by atoms with Gasteiger partial charge >= 0.3 is 6.09 Å². The second-order valence-electron chi connectivity index (χ2n) is 11.1. The fourth-order valence-electron chi connectivity index (χ4n) is 5.36. The number of nitriles is 1. The number of piperidine rings is 1. The van der Waals surface area contributed by atoms with Gasteiger partial charge < -0.3 is 19.3 Å². The molecule has 0 N–H and O–H groups in total. The number of nitrogens with zero attached hydrogens (tertiary/aromatic N) is 3. The Hall–Kier alpha value is -3.76. The summed E-state index contributed by atoms with van der Waals surface area (Å²) in [6, 6.07) is 19.6. The van der Waals surface area contributed by atoms with Gasteiger partial charge in [0.05, 0.1) is 17.7 Å². The van der Waals surface area contributed by atoms with Gasteiger partial charge in [-0.15, -0.1) is 11.6 Å². The first-order chi connectivity index (χ1) is 18.6. The molecule has 0 aromatic heterocycles. The molecule has 1 unspecified atom stereocenters. The van der Waals surface area contributed by atoms with Gasteiger partial charge in [0.1, 0.15) is 23.3 Å². The predicted octanol–water partition coefficient (Wildman–Crippen LogP) is 6.36. The fourth-order valence-corrected chi connectivity index (χ4v) is 5.49. The topological polar surface area (TPSA) is 82.9 Å². The van der Waals surface area contributed by atoms with Gasteiger partial charge in [-0.25, -0.2) is 4.79 Å². The molecule has 1 atom stereocenters. The molecule has 2 heterocycles. The maximum absolute atomic E-state index is 13.0. The molecular weight excluding hydrogens is 514 g/mol. The van der Waals surface area contributed by atoms with Crippen LogP contribution in [0.15, 0.2) is 54.6 Å². The minimum Gasteiger partial charge on any atom is -0.490 e. The van der Waals surface area contributed by atoms with Crippen molar-refractivity contribution >= 4 is 40.1 Å². The highest BCUT2D eigenvalue weighted by molar-refractivity contribution is 6.29. The van der Waals surface area contributed by atoms with Gasteiger partial charge in [0, 0.05) is 31.6 Å². The number of hydrogen-bond donors (Lipinski definition) is 0. The van der Waals surface area contributed by atoms with Crippen LogP contribution in [0.3, 0.4) is 0 Å². The van der Waals surface area contributed by atoms with Crippen LogP contribution in [0.5, 0.6) is 5.75 Å². The number of rotatable bonds is 4. The Labute approximate surface area is 233 Å². The standard InChI is InChI=1S/C31H32ClN3O4/c1-31(2,3)39-30(37)34-12-10-25(11-13-34)38-26-8-9-27-24(16-26)17-28(35(27)29(36)18-32)22-7-6-21-5-4-20(19-33)14-23(21)15-22/h4-9,14-16,25,28H,10-13,17-18H2,1-3H3. The Bertz CT molecular complexity index is 1450. The predicted molar refractivity (Wildman–Crippen MR) is 151 cm³/mol. The average Bonchev–Trinajstić information content (AvgIpc) is 3.30. The molecule has 7 nitrogen and oxygen atoms in total. The Morgan fingerprint density at radius 1 is 1.03 bits per heavy atom. The Kier molecular flexibility index (Phi) is 7.42. The molecule has 3 aromatic rings. The maximum Gasteiger partial charge on any atom is 0.410 e. The van der Waals surface area contributed by atoms with Crippen LogP contribution < -0.4 is 9.64 Å². The van der Waals surface area contributed by atoms with Crippen LogP contribution >= 0.6 is 11.6 Å². The highest BCUT2D eigenvalue weighted by atomic mass is 35.5. The minimum atomic E-state index is -0.516. The van der Waals surface area contributed by atoms with Crippen molar-refractivity contribution in [1.29, 1.82) is 5.26 Å². The zero-order valence-corrected chi connectivity index (χ0v) is 23.2. The van der Waals surface area contributed by atoms with Crippen molar-refractivity contribution in [2.24, 2.45) is 0 Å². The largest absolute Gasteiger partial charge is 0.490 e. The molecular formula is C31H32ClN3O4. The van der Waals surface area contributed by atoms with Crippen molar-refractivity contribution in [3.8, 4) is 11.8 Å². The van der Waals surface area contributed by atoms with E-state index in [9.17, 15) is 14.9 Å². The molecule has 0 spiro atoms. The van der Waals surface area contributed by atoms with Gasteiger partial charge in [-0.2, -0.15) is 5.26 Å². The molecule has 2 aliphatic rings. The zero-order chi connectivity index (χ0) is 27.7. The Morgan fingerprint density at radius 3 is 2.46 bits per heavy atom. The van der Waals surface area contributed by atoms with Crippen LogP contribution in [0.25, 0.3) is 10.8 Å². The van der Waals surface area contributed by atoms with Crippen LogP contribution in [0.2, 0.25) is 0 Å². The molecule has 2 amide bonds. The number of anilines is 1. The molecule has 0 saturated carbocycles. The quantitative estimate of drug-likeness (QED) is 0.356. The van der Waals surface area contributed by atoms with Crippen LogP contribution in [-0.2, 0) is 16.0 Å². The van der Waals surface area contributed by atoms with Crippen LogP contribution in [0.1, 0.15) is 56.3 Å². The van der Waals surface area contributed by atoms with Crippen LogP contribution in [0, 0.1) is 11.3 Å². The van der Waals surface area contributed by atoms with Gasteiger partial charge in [-0.3, -0.25) is 4.79 Å². The monoisotopic (exact) mass is 545 g/mol. The summed E-state index contributed by atoms with van der Waals surface area (Å²) >= 11 is 6.03. The Balaban J connectivity index is 1.32. The maximum atomic E-state index is 13.0. The van der Waals surface area contributed by atoms with Crippen molar-refractivity contribution in [1.82, 2.24) is 4.90 Å². The Morgan fingerprint density at radius 2 is 1.77 bits per heavy atom. The van der Waals surface area contributed by atoms with Gasteiger partial charge in [0.25, 0.3) is 0 Å². The van der Waals surface area contributed by atoms with Crippen molar-refractivity contribution in [3.05, 3.63) is 71.3 Å². The third kappa shape index (κ3) is 5.81. The van der Waals surface area contributed by atoms with Crippen molar-refractivity contribution < 1.29 is 19.1 Å². The first-order valence-corrected chi connectivity index (χ1v) is 13.8. The number of amides is 2. The summed E-state index contributed by atoms with van der Waals surface area (Å²) in [6.45, 7) is 6.77. The molecule has 8 heteroatoms. The normalized spacial score (nSPS) is 17.6. The molecule has 2 aliphatic heterocycles. The summed E-state index contributed by atoms with van der Waals surface area (Å²) in [6.07, 6.45) is 1.78. The third-order valence-electron chi connectivity index (χ3n) is 7.19. The summed E-state index contributed by atoms with van der Waals surface area (Å²) in [5.41, 5.74) is 2.93. The third-order valence-corrected chi connectivity index (χ3v) is 7.42. The van der Waals surface area contributed by atoms with Crippen LogP contribution in [0.4, 0.5) is 10.5 Å². The van der Waals surface area contributed by atoms with Crippen molar-refractivity contribution in [2.45, 2.75) is 57.8 Å². The lowest BCUT2D eigenvalue weighted by molar-refractivity contribution is -0.116. The van der Waals surface area contributed by atoms with E-state index in [0.717, 1.165) is 46.2 Å². The highest BCUT2D eigenvalue weighted by Crippen LogP contribution is 2.43. The average molecular weight is 546 g/mol. The molecule has 0 radical (unpaired) electrons. The number of likely N-dealkylation sites (tertiary alicyclic amines) is 1. The van der Waals surface area contributed by atoms with E-state index >= 15 is 0 Å². The smallest absolute Gasteiger partial charge is 0.410 e. The minimum absolute atomic E-state index is 0.00525. The molecule has 39 heavy (non-hydrogen) atoms. The SMILES string of the molecule is CC(C)(C)OC(=O)N1CCC(Oc2ccc3c(c2)CC(c2ccc4ccc(C#N)cc4c2)N3C(=O)CCl)CC1. The van der Waals surface area contributed by atoms with Crippen LogP contribution in [-0.4, -0.2) is 47.6 Å². The number of alkyl halides is 1. The number of carbonyl (C=O) groups is 2. The van der Waals surface area contributed by atoms with E-state index in [2.05, 4.69) is 12.1 Å². The van der Waals surface area contributed by atoms with Gasteiger partial charge in [0.15, 0.2) is 0 Å². The van der Waals surface area contributed by atoms with E-state index in [0.29, 0.717) is 25.1 Å². The lowest BCUT2D eigenvalue weighted by Crippen LogP contribution is -2.44. The molecule has 0 aliphatic carbocycles. The van der Waals surface area contributed by atoms with Gasteiger partial charge in [-0.05, 0) is 85.5 Å². The summed E-state index contributed by atoms with van der Waals surface area (Å²) < 4.78 is 11.8. The lowest BCUT2D eigenvalue weighted by atomic mass is 9.98. The number of carbonyl (C=O) groups excluding carboxylic acids is 2. The van der Waals surface area contributed by atoms with Crippen molar-refractivity contribution in [3.63, 3.8) is 0 Å². The van der Waals surface area contributed by atoms with Gasteiger partial charge in [0.2, 0.25) is 5.91 Å². The summed E-state index contributed by atoms with van der Waals surface area (Å²) in [7, 11) is 0. The first kappa shape index (κ1) is 26.8. The molecule has 0 bridgehead atoms. The summed E-state index contributed by atoms with van der Waals surface area (Å²) in [4.78, 5) is 28.9. The molecule has 5 rings (SSSR count). The number of fused-ring (bicyclic) bond motifs is 2. The first-order valence-electron chi connectivity index (χ1n) is 13.2. The fraction of sp³-hybridized carbons (Fsp3) is 0.387. The second-order valence-corrected chi connectivity index (χ2v) is 11.4. The van der Waals surface area contributed by atoms with E-state index < -0.39 is 5.60 Å². The number of benzene rings is 3.